The molecule has 0 N–H and O–H groups in total. The third kappa shape index (κ3) is 2.83. The van der Waals surface area contributed by atoms with Gasteiger partial charge in [0.05, 0.1) is 7.11 Å². The molecule has 3 rings (SSSR count). The molecular formula is C17H22O2. The number of ketones is 1. The van der Waals surface area contributed by atoms with Crippen molar-refractivity contribution in [1.82, 2.24) is 0 Å². The van der Waals surface area contributed by atoms with Crippen LogP contribution >= 0.6 is 0 Å². The highest BCUT2D eigenvalue weighted by atomic mass is 16.5. The van der Waals surface area contributed by atoms with Gasteiger partial charge in [-0.15, -0.1) is 0 Å². The fraction of sp³-hybridized carbons (Fsp3) is 0.588. The Bertz CT molecular complexity index is 449. The average Bonchev–Trinajstić information content (AvgIpc) is 3.02. The number of benzene rings is 1. The van der Waals surface area contributed by atoms with E-state index in [1.165, 1.54) is 25.7 Å². The van der Waals surface area contributed by atoms with E-state index >= 15 is 0 Å². The van der Waals surface area contributed by atoms with Gasteiger partial charge in [-0.25, -0.2) is 0 Å². The van der Waals surface area contributed by atoms with Crippen molar-refractivity contribution in [3.63, 3.8) is 0 Å². The van der Waals surface area contributed by atoms with E-state index in [1.54, 1.807) is 7.11 Å². The average molecular weight is 258 g/mol. The Hall–Kier alpha value is -1.31. The lowest BCUT2D eigenvalue weighted by atomic mass is 9.84. The van der Waals surface area contributed by atoms with Crippen molar-refractivity contribution in [3.05, 3.63) is 29.8 Å². The van der Waals surface area contributed by atoms with Crippen molar-refractivity contribution in [3.8, 4) is 5.75 Å². The van der Waals surface area contributed by atoms with Gasteiger partial charge in [-0.3, -0.25) is 4.79 Å². The maximum atomic E-state index is 12.2. The van der Waals surface area contributed by atoms with Gasteiger partial charge in [-0.1, -0.05) is 18.6 Å². The predicted octanol–water partition coefficient (Wildman–Crippen LogP) is 3.63. The Kier molecular flexibility index (Phi) is 3.58. The van der Waals surface area contributed by atoms with Crippen molar-refractivity contribution in [2.24, 2.45) is 17.8 Å². The third-order valence-electron chi connectivity index (χ3n) is 4.93. The molecule has 102 valence electrons. The second kappa shape index (κ2) is 5.36. The Balaban J connectivity index is 1.53. The van der Waals surface area contributed by atoms with Crippen molar-refractivity contribution in [2.45, 2.75) is 38.5 Å². The molecule has 0 saturated heterocycles. The normalized spacial score (nSPS) is 28.6. The first kappa shape index (κ1) is 12.7. The smallest absolute Gasteiger partial charge is 0.137 e. The number of hydrogen-bond acceptors (Lipinski definition) is 2. The molecule has 0 radical (unpaired) electrons. The van der Waals surface area contributed by atoms with Gasteiger partial charge in [0.15, 0.2) is 0 Å². The number of Topliss-reactive ketones (excluding diaryl/α,β-unsaturated/α-hetero) is 1. The molecule has 0 amide bonds. The van der Waals surface area contributed by atoms with Crippen LogP contribution in [0.2, 0.25) is 0 Å². The summed E-state index contributed by atoms with van der Waals surface area (Å²) in [5, 5.41) is 0. The molecular weight excluding hydrogens is 236 g/mol. The molecule has 2 nitrogen and oxygen atoms in total. The maximum Gasteiger partial charge on any atom is 0.137 e. The van der Waals surface area contributed by atoms with Gasteiger partial charge in [0.25, 0.3) is 0 Å². The SMILES string of the molecule is COc1ccc(CC(=O)CC2CC3CCC2C3)cc1. The lowest BCUT2D eigenvalue weighted by Gasteiger charge is -2.20. The first-order valence-electron chi connectivity index (χ1n) is 7.39. The van der Waals surface area contributed by atoms with Crippen LogP contribution in [-0.4, -0.2) is 12.9 Å². The fourth-order valence-electron chi connectivity index (χ4n) is 3.96. The van der Waals surface area contributed by atoms with Crippen molar-refractivity contribution in [1.29, 1.82) is 0 Å². The lowest BCUT2D eigenvalue weighted by molar-refractivity contribution is -0.119. The molecule has 19 heavy (non-hydrogen) atoms. The number of carbonyl (C=O) groups excluding carboxylic acids is 1. The quantitative estimate of drug-likeness (QED) is 0.806. The minimum Gasteiger partial charge on any atom is -0.497 e. The van der Waals surface area contributed by atoms with Gasteiger partial charge < -0.3 is 4.74 Å². The van der Waals surface area contributed by atoms with Crippen LogP contribution in [-0.2, 0) is 11.2 Å². The van der Waals surface area contributed by atoms with Gasteiger partial charge in [-0.2, -0.15) is 0 Å². The van der Waals surface area contributed by atoms with Crippen molar-refractivity contribution >= 4 is 5.78 Å². The van der Waals surface area contributed by atoms with Crippen LogP contribution in [0.4, 0.5) is 0 Å². The van der Waals surface area contributed by atoms with Gasteiger partial charge in [0.1, 0.15) is 11.5 Å². The van der Waals surface area contributed by atoms with Crippen LogP contribution < -0.4 is 4.74 Å². The Morgan fingerprint density at radius 1 is 1.21 bits per heavy atom. The highest BCUT2D eigenvalue weighted by Gasteiger charge is 2.39. The minimum absolute atomic E-state index is 0.405. The number of carbonyl (C=O) groups is 1. The largest absolute Gasteiger partial charge is 0.497 e. The topological polar surface area (TPSA) is 26.3 Å². The Morgan fingerprint density at radius 2 is 2.00 bits per heavy atom. The highest BCUT2D eigenvalue weighted by molar-refractivity contribution is 5.81. The molecule has 1 aromatic rings. The number of hydrogen-bond donors (Lipinski definition) is 0. The molecule has 0 heterocycles. The van der Waals surface area contributed by atoms with E-state index in [2.05, 4.69) is 0 Å². The highest BCUT2D eigenvalue weighted by Crippen LogP contribution is 2.49. The maximum absolute atomic E-state index is 12.2. The zero-order chi connectivity index (χ0) is 13.2. The van der Waals surface area contributed by atoms with E-state index in [9.17, 15) is 4.79 Å². The number of methoxy groups -OCH3 is 1. The summed E-state index contributed by atoms with van der Waals surface area (Å²) in [6.45, 7) is 0. The summed E-state index contributed by atoms with van der Waals surface area (Å²) in [6.07, 6.45) is 6.85. The molecule has 3 unspecified atom stereocenters. The van der Waals surface area contributed by atoms with E-state index in [-0.39, 0.29) is 0 Å². The van der Waals surface area contributed by atoms with E-state index in [0.29, 0.717) is 18.1 Å². The molecule has 0 aliphatic heterocycles. The Labute approximate surface area is 115 Å². The first-order chi connectivity index (χ1) is 9.24. The standard InChI is InChI=1S/C17H22O2/c1-19-17-6-3-12(4-7-17)10-16(18)11-15-9-13-2-5-14(15)8-13/h3-4,6-7,13-15H,2,5,8-11H2,1H3. The zero-order valence-electron chi connectivity index (χ0n) is 11.6. The molecule has 2 heteroatoms. The van der Waals surface area contributed by atoms with Gasteiger partial charge >= 0.3 is 0 Å². The van der Waals surface area contributed by atoms with Crippen LogP contribution in [0.25, 0.3) is 0 Å². The van der Waals surface area contributed by atoms with Gasteiger partial charge in [0, 0.05) is 12.8 Å². The monoisotopic (exact) mass is 258 g/mol. The summed E-state index contributed by atoms with van der Waals surface area (Å²) in [5.41, 5.74) is 1.11. The second-order valence-electron chi connectivity index (χ2n) is 6.20. The van der Waals surface area contributed by atoms with Crippen LogP contribution in [0, 0.1) is 17.8 Å². The van der Waals surface area contributed by atoms with E-state index < -0.39 is 0 Å². The van der Waals surface area contributed by atoms with E-state index in [1.807, 2.05) is 24.3 Å². The summed E-state index contributed by atoms with van der Waals surface area (Å²) in [5.74, 6) is 3.73. The van der Waals surface area contributed by atoms with Crippen molar-refractivity contribution < 1.29 is 9.53 Å². The van der Waals surface area contributed by atoms with Crippen LogP contribution in [0.1, 0.15) is 37.7 Å². The summed E-state index contributed by atoms with van der Waals surface area (Å²) >= 11 is 0. The predicted molar refractivity (Wildman–Crippen MR) is 75.3 cm³/mol. The molecule has 1 aromatic carbocycles. The summed E-state index contributed by atoms with van der Waals surface area (Å²) in [6, 6.07) is 7.86. The molecule has 2 saturated carbocycles. The number of rotatable bonds is 5. The molecule has 3 atom stereocenters. The van der Waals surface area contributed by atoms with E-state index in [0.717, 1.165) is 29.6 Å². The van der Waals surface area contributed by atoms with E-state index in [4.69, 9.17) is 4.74 Å². The van der Waals surface area contributed by atoms with Crippen LogP contribution in [0.3, 0.4) is 0 Å². The molecule has 0 aromatic heterocycles. The Morgan fingerprint density at radius 3 is 2.58 bits per heavy atom. The van der Waals surface area contributed by atoms with Crippen LogP contribution in [0.5, 0.6) is 5.75 Å². The summed E-state index contributed by atoms with van der Waals surface area (Å²) < 4.78 is 5.13. The van der Waals surface area contributed by atoms with Gasteiger partial charge in [0.2, 0.25) is 0 Å². The lowest BCUT2D eigenvalue weighted by Crippen LogP contribution is -2.16. The van der Waals surface area contributed by atoms with Crippen molar-refractivity contribution in [2.75, 3.05) is 7.11 Å². The fourth-order valence-corrected chi connectivity index (χ4v) is 3.96. The first-order valence-corrected chi connectivity index (χ1v) is 7.39. The molecule has 2 aliphatic carbocycles. The molecule has 0 spiro atoms. The minimum atomic E-state index is 0.405. The zero-order valence-corrected chi connectivity index (χ0v) is 11.6. The number of ether oxygens (including phenoxy) is 1. The van der Waals surface area contributed by atoms with Gasteiger partial charge in [-0.05, 0) is 54.7 Å². The third-order valence-corrected chi connectivity index (χ3v) is 4.93. The molecule has 2 bridgehead atoms. The number of fused-ring (bicyclic) bond motifs is 2. The second-order valence-corrected chi connectivity index (χ2v) is 6.20. The summed E-state index contributed by atoms with van der Waals surface area (Å²) in [7, 11) is 1.66. The molecule has 2 aliphatic rings. The molecule has 2 fully saturated rings. The summed E-state index contributed by atoms with van der Waals surface area (Å²) in [4.78, 5) is 12.2. The van der Waals surface area contributed by atoms with Crippen LogP contribution in [0.15, 0.2) is 24.3 Å².